The highest BCUT2D eigenvalue weighted by molar-refractivity contribution is 7.20. The maximum Gasteiger partial charge on any atom is 0.335 e. The third kappa shape index (κ3) is 3.61. The number of aromatic carboxylic acids is 1. The van der Waals surface area contributed by atoms with Crippen LogP contribution >= 0.6 is 11.3 Å². The number of carbonyl (C=O) groups is 1. The third-order valence-corrected chi connectivity index (χ3v) is 4.95. The van der Waals surface area contributed by atoms with E-state index in [0.717, 1.165) is 32.7 Å². The minimum absolute atomic E-state index is 0.253. The van der Waals surface area contributed by atoms with Crippen molar-refractivity contribution in [1.82, 2.24) is 14.6 Å². The van der Waals surface area contributed by atoms with Gasteiger partial charge in [0.15, 0.2) is 0 Å². The largest absolute Gasteiger partial charge is 0.497 e. The van der Waals surface area contributed by atoms with Gasteiger partial charge < -0.3 is 15.2 Å². The first-order valence-corrected chi connectivity index (χ1v) is 9.01. The lowest BCUT2D eigenvalue weighted by atomic mass is 10.1. The molecule has 0 aliphatic carbocycles. The first-order chi connectivity index (χ1) is 13.1. The summed E-state index contributed by atoms with van der Waals surface area (Å²) in [5.41, 5.74) is 2.99. The highest BCUT2D eigenvalue weighted by atomic mass is 32.1. The Morgan fingerprint density at radius 3 is 2.56 bits per heavy atom. The molecule has 7 nitrogen and oxygen atoms in total. The number of aromatic nitrogens is 3. The number of anilines is 1. The van der Waals surface area contributed by atoms with Gasteiger partial charge in [0.05, 0.1) is 24.6 Å². The number of methoxy groups -OCH3 is 1. The van der Waals surface area contributed by atoms with Gasteiger partial charge in [0.25, 0.3) is 0 Å². The molecule has 0 atom stereocenters. The van der Waals surface area contributed by atoms with E-state index in [9.17, 15) is 4.79 Å². The summed E-state index contributed by atoms with van der Waals surface area (Å²) in [7, 11) is 1.65. The average molecular weight is 380 g/mol. The molecule has 2 aromatic heterocycles. The molecule has 2 heterocycles. The number of hydrogen-bond acceptors (Lipinski definition) is 6. The highest BCUT2D eigenvalue weighted by Gasteiger charge is 2.10. The Morgan fingerprint density at radius 2 is 1.93 bits per heavy atom. The Labute approximate surface area is 158 Å². The molecule has 2 N–H and O–H groups in total. The molecule has 0 fully saturated rings. The fourth-order valence-corrected chi connectivity index (χ4v) is 3.39. The van der Waals surface area contributed by atoms with Gasteiger partial charge in [-0.3, -0.25) is 0 Å². The predicted molar refractivity (Wildman–Crippen MR) is 104 cm³/mol. The minimum atomic E-state index is -0.943. The zero-order valence-electron chi connectivity index (χ0n) is 14.4. The summed E-state index contributed by atoms with van der Waals surface area (Å²) >= 11 is 1.46. The van der Waals surface area contributed by atoms with Crippen molar-refractivity contribution < 1.29 is 14.6 Å². The molecule has 0 saturated carbocycles. The molecule has 0 unspecified atom stereocenters. The monoisotopic (exact) mass is 380 g/mol. The lowest BCUT2D eigenvalue weighted by molar-refractivity contribution is 0.0697. The molecule has 0 aliphatic heterocycles. The number of nitrogens with one attached hydrogen (secondary N) is 1. The molecule has 0 saturated heterocycles. The molecule has 0 amide bonds. The summed E-state index contributed by atoms with van der Waals surface area (Å²) in [6, 6.07) is 14.5. The summed E-state index contributed by atoms with van der Waals surface area (Å²) < 4.78 is 6.88. The van der Waals surface area contributed by atoms with Crippen LogP contribution in [-0.2, 0) is 6.54 Å². The van der Waals surface area contributed by atoms with Gasteiger partial charge in [-0.05, 0) is 29.8 Å². The molecule has 27 heavy (non-hydrogen) atoms. The van der Waals surface area contributed by atoms with E-state index in [1.165, 1.54) is 11.3 Å². The summed E-state index contributed by atoms with van der Waals surface area (Å²) in [6.45, 7) is 0.657. The summed E-state index contributed by atoms with van der Waals surface area (Å²) in [5.74, 6) is -0.114. The van der Waals surface area contributed by atoms with Crippen LogP contribution in [0.25, 0.3) is 16.2 Å². The maximum absolute atomic E-state index is 10.9. The summed E-state index contributed by atoms with van der Waals surface area (Å²) in [6.07, 6.45) is 1.83. The van der Waals surface area contributed by atoms with E-state index < -0.39 is 5.97 Å². The first-order valence-electron chi connectivity index (χ1n) is 8.19. The van der Waals surface area contributed by atoms with Gasteiger partial charge >= 0.3 is 5.97 Å². The topological polar surface area (TPSA) is 88.8 Å². The third-order valence-electron chi connectivity index (χ3n) is 4.07. The van der Waals surface area contributed by atoms with Gasteiger partial charge in [-0.1, -0.05) is 35.6 Å². The molecular formula is C19H16N4O3S. The Morgan fingerprint density at radius 1 is 1.19 bits per heavy atom. The fourth-order valence-electron chi connectivity index (χ4n) is 2.62. The Balaban J connectivity index is 1.47. The molecule has 0 bridgehead atoms. The number of ether oxygens (including phenoxy) is 1. The first kappa shape index (κ1) is 17.0. The molecule has 0 radical (unpaired) electrons. The van der Waals surface area contributed by atoms with Crippen molar-refractivity contribution in [1.29, 1.82) is 0 Å². The van der Waals surface area contributed by atoms with Gasteiger partial charge in [0, 0.05) is 12.1 Å². The van der Waals surface area contributed by atoms with Crippen LogP contribution in [-0.4, -0.2) is 32.8 Å². The van der Waals surface area contributed by atoms with Crippen molar-refractivity contribution in [3.8, 4) is 17.0 Å². The highest BCUT2D eigenvalue weighted by Crippen LogP contribution is 2.25. The van der Waals surface area contributed by atoms with E-state index >= 15 is 0 Å². The van der Waals surface area contributed by atoms with Crippen LogP contribution in [0.2, 0.25) is 0 Å². The summed E-state index contributed by atoms with van der Waals surface area (Å²) in [4.78, 5) is 16.3. The zero-order valence-corrected chi connectivity index (χ0v) is 15.2. The number of fused-ring (bicyclic) bond motifs is 1. The van der Waals surface area contributed by atoms with Crippen LogP contribution in [0.15, 0.2) is 54.7 Å². The second-order valence-electron chi connectivity index (χ2n) is 5.84. The van der Waals surface area contributed by atoms with Gasteiger partial charge in [-0.15, -0.1) is 5.10 Å². The molecule has 136 valence electrons. The minimum Gasteiger partial charge on any atom is -0.497 e. The molecule has 4 rings (SSSR count). The predicted octanol–water partition coefficient (Wildman–Crippen LogP) is 3.78. The van der Waals surface area contributed by atoms with Gasteiger partial charge in [0.1, 0.15) is 5.75 Å². The van der Waals surface area contributed by atoms with Crippen molar-refractivity contribution in [2.45, 2.75) is 6.54 Å². The second-order valence-corrected chi connectivity index (χ2v) is 6.80. The summed E-state index contributed by atoms with van der Waals surface area (Å²) in [5, 5.41) is 17.5. The standard InChI is InChI=1S/C19H16N4O3S/c1-26-15-8-2-12(3-9-15)10-20-18-22-23-11-16(21-19(23)27-18)13-4-6-14(7-5-13)17(24)25/h2-9,11H,10H2,1H3,(H,20,22)(H,24,25). The second kappa shape index (κ2) is 7.08. The lowest BCUT2D eigenvalue weighted by Gasteiger charge is -2.04. The Bertz CT molecular complexity index is 1050. The SMILES string of the molecule is COc1ccc(CNc2nn3cc(-c4ccc(C(=O)O)cc4)nc3s2)cc1. The van der Waals surface area contributed by atoms with Crippen LogP contribution < -0.4 is 10.1 Å². The van der Waals surface area contributed by atoms with Crippen LogP contribution in [0, 0.1) is 0 Å². The van der Waals surface area contributed by atoms with Crippen molar-refractivity contribution in [3.63, 3.8) is 0 Å². The number of carboxylic acid groups (broad SMARTS) is 1. The van der Waals surface area contributed by atoms with Gasteiger partial charge in [-0.25, -0.2) is 14.3 Å². The van der Waals surface area contributed by atoms with E-state index in [2.05, 4.69) is 15.4 Å². The van der Waals surface area contributed by atoms with Crippen molar-refractivity contribution in [2.24, 2.45) is 0 Å². The van der Waals surface area contributed by atoms with Crippen molar-refractivity contribution in [2.75, 3.05) is 12.4 Å². The van der Waals surface area contributed by atoms with E-state index in [4.69, 9.17) is 9.84 Å². The molecule has 8 heteroatoms. The van der Waals surface area contributed by atoms with E-state index in [-0.39, 0.29) is 5.56 Å². The maximum atomic E-state index is 10.9. The number of hydrogen-bond donors (Lipinski definition) is 2. The van der Waals surface area contributed by atoms with E-state index in [0.29, 0.717) is 6.54 Å². The average Bonchev–Trinajstić information content (AvgIpc) is 3.25. The van der Waals surface area contributed by atoms with Crippen LogP contribution in [0.4, 0.5) is 5.13 Å². The van der Waals surface area contributed by atoms with E-state index in [1.54, 1.807) is 35.9 Å². The van der Waals surface area contributed by atoms with Crippen LogP contribution in [0.3, 0.4) is 0 Å². The number of carboxylic acids is 1. The van der Waals surface area contributed by atoms with Gasteiger partial charge in [0.2, 0.25) is 10.1 Å². The van der Waals surface area contributed by atoms with Crippen LogP contribution in [0.1, 0.15) is 15.9 Å². The number of imidazole rings is 1. The Hall–Kier alpha value is -3.39. The number of rotatable bonds is 6. The number of nitrogens with zero attached hydrogens (tertiary/aromatic N) is 3. The van der Waals surface area contributed by atoms with Crippen molar-refractivity contribution in [3.05, 3.63) is 65.9 Å². The normalized spacial score (nSPS) is 10.9. The molecule has 2 aromatic carbocycles. The quantitative estimate of drug-likeness (QED) is 0.529. The van der Waals surface area contributed by atoms with E-state index in [1.807, 2.05) is 30.5 Å². The molecule has 0 spiro atoms. The Kier molecular flexibility index (Phi) is 4.47. The van der Waals surface area contributed by atoms with Crippen molar-refractivity contribution >= 4 is 27.4 Å². The lowest BCUT2D eigenvalue weighted by Crippen LogP contribution is -1.99. The van der Waals surface area contributed by atoms with Gasteiger partial charge in [-0.2, -0.15) is 0 Å². The smallest absolute Gasteiger partial charge is 0.335 e. The molecule has 0 aliphatic rings. The zero-order chi connectivity index (χ0) is 18.8. The molecular weight excluding hydrogens is 364 g/mol. The van der Waals surface area contributed by atoms with Crippen LogP contribution in [0.5, 0.6) is 5.75 Å². The molecule has 4 aromatic rings. The fraction of sp³-hybridized carbons (Fsp3) is 0.105. The number of benzene rings is 2.